The van der Waals surface area contributed by atoms with Crippen molar-refractivity contribution in [2.24, 2.45) is 5.41 Å². The van der Waals surface area contributed by atoms with Crippen molar-refractivity contribution in [2.45, 2.75) is 50.2 Å². The number of aromatic nitrogens is 2. The van der Waals surface area contributed by atoms with Gasteiger partial charge in [0, 0.05) is 75.9 Å². The molecule has 5 aliphatic heterocycles. The van der Waals surface area contributed by atoms with E-state index in [9.17, 15) is 10.4 Å². The summed E-state index contributed by atoms with van der Waals surface area (Å²) >= 11 is 1.19. The molecule has 1 aromatic carbocycles. The standard InChI is InChI=1S/C33H37F2N7O3S/c1-33-16-44-15-21(33)25-29(28(35)27(33)26-22(34)5-6-23-24(26)20(11-36)30(37)46-23)38-32(45-14-17-4-3-7-41(17)8-9-43)39-31(25)42-18-10-19(42)13-40(2)12-18/h5-6,17-19,21,43H,3-4,7-10,12-16,37H2,1-2H3/t17-,18?,19?,21?,33?/m0/s1. The maximum atomic E-state index is 17.5. The number of thiophene rings is 1. The molecule has 3 N–H and O–H groups in total. The van der Waals surface area contributed by atoms with Gasteiger partial charge in [-0.1, -0.05) is 6.92 Å². The van der Waals surface area contributed by atoms with Crippen LogP contribution in [-0.2, 0) is 4.74 Å². The van der Waals surface area contributed by atoms with Crippen LogP contribution < -0.4 is 15.4 Å². The number of rotatable bonds is 7. The molecule has 9 rings (SSSR count). The number of piperazine rings is 1. The van der Waals surface area contributed by atoms with Gasteiger partial charge in [0.2, 0.25) is 0 Å². The fourth-order valence-electron chi connectivity index (χ4n) is 8.66. The molecule has 0 radical (unpaired) electrons. The summed E-state index contributed by atoms with van der Waals surface area (Å²) in [4.78, 5) is 16.5. The van der Waals surface area contributed by atoms with Crippen LogP contribution in [0.15, 0.2) is 12.1 Å². The van der Waals surface area contributed by atoms with Gasteiger partial charge in [0.25, 0.3) is 0 Å². The van der Waals surface area contributed by atoms with Crippen molar-refractivity contribution >= 4 is 43.6 Å². The molecule has 5 saturated heterocycles. The molecule has 1 aliphatic carbocycles. The van der Waals surface area contributed by atoms with E-state index >= 15 is 8.78 Å². The Kier molecular flexibility index (Phi) is 7.22. The van der Waals surface area contributed by atoms with Gasteiger partial charge in [0.1, 0.15) is 35.0 Å². The first kappa shape index (κ1) is 30.0. The topological polar surface area (TPSA) is 124 Å². The highest BCUT2D eigenvalue weighted by Gasteiger charge is 2.55. The Bertz CT molecular complexity index is 1800. The van der Waals surface area contributed by atoms with Gasteiger partial charge >= 0.3 is 6.01 Å². The van der Waals surface area contributed by atoms with Gasteiger partial charge < -0.3 is 30.1 Å². The second kappa shape index (κ2) is 11.1. The quantitative estimate of drug-likeness (QED) is 0.389. The second-order valence-electron chi connectivity index (χ2n) is 13.6. The number of nitrogens with zero attached hydrogens (tertiary/aromatic N) is 6. The van der Waals surface area contributed by atoms with Crippen molar-refractivity contribution in [2.75, 3.05) is 70.3 Å². The number of likely N-dealkylation sites (N-methyl/N-ethyl adjacent to an activating group) is 1. The van der Waals surface area contributed by atoms with Gasteiger partial charge in [-0.15, -0.1) is 11.3 Å². The van der Waals surface area contributed by atoms with Crippen molar-refractivity contribution in [1.82, 2.24) is 19.8 Å². The molecule has 0 spiro atoms. The minimum absolute atomic E-state index is 0.0406. The Labute approximate surface area is 270 Å². The molecule has 5 atom stereocenters. The van der Waals surface area contributed by atoms with Gasteiger partial charge in [0.05, 0.1) is 25.4 Å². The number of hydrogen-bond donors (Lipinski definition) is 2. The first-order valence-corrected chi connectivity index (χ1v) is 16.8. The van der Waals surface area contributed by atoms with Crippen molar-refractivity contribution in [3.05, 3.63) is 40.3 Å². The van der Waals surface area contributed by atoms with Crippen LogP contribution in [0.4, 0.5) is 19.6 Å². The molecule has 46 heavy (non-hydrogen) atoms. The first-order chi connectivity index (χ1) is 22.2. The summed E-state index contributed by atoms with van der Waals surface area (Å²) in [5, 5.41) is 20.1. The molecule has 7 heterocycles. The third-order valence-corrected chi connectivity index (χ3v) is 11.8. The minimum Gasteiger partial charge on any atom is -0.462 e. The van der Waals surface area contributed by atoms with Crippen molar-refractivity contribution in [1.29, 1.82) is 5.26 Å². The minimum atomic E-state index is -0.957. The number of nitrogen functional groups attached to an aromatic ring is 1. The van der Waals surface area contributed by atoms with Gasteiger partial charge in [-0.3, -0.25) is 4.90 Å². The predicted molar refractivity (Wildman–Crippen MR) is 172 cm³/mol. The summed E-state index contributed by atoms with van der Waals surface area (Å²) in [6.45, 7) is 5.94. The van der Waals surface area contributed by atoms with E-state index in [4.69, 9.17) is 25.2 Å². The molecule has 6 aliphatic rings. The van der Waals surface area contributed by atoms with Crippen LogP contribution in [-0.4, -0.2) is 103 Å². The average molecular weight is 650 g/mol. The highest BCUT2D eigenvalue weighted by atomic mass is 32.1. The molecule has 5 fully saturated rings. The van der Waals surface area contributed by atoms with E-state index in [1.807, 2.05) is 6.92 Å². The van der Waals surface area contributed by atoms with E-state index in [-0.39, 0.29) is 70.7 Å². The Morgan fingerprint density at radius 2 is 2.07 bits per heavy atom. The summed E-state index contributed by atoms with van der Waals surface area (Å²) in [6, 6.07) is 5.66. The van der Waals surface area contributed by atoms with E-state index in [0.717, 1.165) is 38.9 Å². The fraction of sp³-hybridized carbons (Fsp3) is 0.545. The average Bonchev–Trinajstić information content (AvgIpc) is 3.73. The Morgan fingerprint density at radius 1 is 1.26 bits per heavy atom. The Morgan fingerprint density at radius 3 is 2.83 bits per heavy atom. The fourth-order valence-corrected chi connectivity index (χ4v) is 9.59. The Balaban J connectivity index is 1.32. The highest BCUT2D eigenvalue weighted by Crippen LogP contribution is 2.61. The predicted octanol–water partition coefficient (Wildman–Crippen LogP) is 3.98. The van der Waals surface area contributed by atoms with E-state index in [1.165, 1.54) is 17.4 Å². The van der Waals surface area contributed by atoms with Crippen LogP contribution in [0.5, 0.6) is 6.01 Å². The lowest BCUT2D eigenvalue weighted by Crippen LogP contribution is -2.68. The number of benzene rings is 1. The van der Waals surface area contributed by atoms with E-state index in [0.29, 0.717) is 41.2 Å². The lowest BCUT2D eigenvalue weighted by Gasteiger charge is -2.57. The van der Waals surface area contributed by atoms with Crippen LogP contribution in [0.2, 0.25) is 0 Å². The number of hydrogen-bond acceptors (Lipinski definition) is 11. The first-order valence-electron chi connectivity index (χ1n) is 16.0. The van der Waals surface area contributed by atoms with Crippen LogP contribution in [0.25, 0.3) is 21.5 Å². The van der Waals surface area contributed by atoms with E-state index in [2.05, 4.69) is 27.8 Å². The molecule has 0 amide bonds. The molecular weight excluding hydrogens is 612 g/mol. The molecule has 4 unspecified atom stereocenters. The van der Waals surface area contributed by atoms with Crippen molar-refractivity contribution in [3.8, 4) is 12.1 Å². The van der Waals surface area contributed by atoms with Crippen LogP contribution in [0.1, 0.15) is 54.5 Å². The zero-order chi connectivity index (χ0) is 31.9. The summed E-state index contributed by atoms with van der Waals surface area (Å²) in [6.07, 6.45) is 2.96. The molecule has 3 aromatic rings. The highest BCUT2D eigenvalue weighted by molar-refractivity contribution is 7.23. The monoisotopic (exact) mass is 649 g/mol. The molecule has 10 nitrogen and oxygen atoms in total. The third-order valence-electron chi connectivity index (χ3n) is 10.8. The van der Waals surface area contributed by atoms with Gasteiger partial charge in [-0.05, 0) is 45.0 Å². The van der Waals surface area contributed by atoms with Crippen LogP contribution in [0, 0.1) is 22.6 Å². The Hall–Kier alpha value is -3.41. The number of likely N-dealkylation sites (tertiary alicyclic amines) is 1. The van der Waals surface area contributed by atoms with Gasteiger partial charge in [-0.25, -0.2) is 8.78 Å². The van der Waals surface area contributed by atoms with Crippen LogP contribution >= 0.6 is 11.3 Å². The normalized spacial score (nSPS) is 29.2. The SMILES string of the molecule is CN1CC2CC(C1)N2c1nc(OC[C@@H]2CCCN2CCO)nc2c1C1COCC1(C)C(c1c(F)ccc3sc(N)c(C#N)c13)=C2F. The zero-order valence-corrected chi connectivity index (χ0v) is 26.7. The largest absolute Gasteiger partial charge is 0.462 e. The molecule has 0 saturated carbocycles. The number of nitriles is 1. The number of β-amino-alcohol motifs (C(OH)–C–C–N with tert-alkyl or cyclic N) is 1. The smallest absolute Gasteiger partial charge is 0.319 e. The van der Waals surface area contributed by atoms with Crippen LogP contribution in [0.3, 0.4) is 0 Å². The maximum Gasteiger partial charge on any atom is 0.319 e. The number of fused-ring (bicyclic) bond motifs is 6. The lowest BCUT2D eigenvalue weighted by atomic mass is 9.64. The zero-order valence-electron chi connectivity index (χ0n) is 25.9. The van der Waals surface area contributed by atoms with Gasteiger partial charge in [0.15, 0.2) is 5.83 Å². The molecular formula is C33H37F2N7O3S. The van der Waals surface area contributed by atoms with Crippen molar-refractivity contribution in [3.63, 3.8) is 0 Å². The maximum absolute atomic E-state index is 17.5. The summed E-state index contributed by atoms with van der Waals surface area (Å²) < 4.78 is 46.5. The number of nitrogens with two attached hydrogens (primary N) is 1. The number of aliphatic hydroxyl groups excluding tert-OH is 1. The number of aliphatic hydroxyl groups is 1. The summed E-state index contributed by atoms with van der Waals surface area (Å²) in [7, 11) is 2.11. The molecule has 2 bridgehead atoms. The molecule has 13 heteroatoms. The van der Waals surface area contributed by atoms with Gasteiger partial charge in [-0.2, -0.15) is 15.2 Å². The van der Waals surface area contributed by atoms with E-state index in [1.54, 1.807) is 6.07 Å². The number of anilines is 2. The molecule has 242 valence electrons. The molecule has 2 aromatic heterocycles. The van der Waals surface area contributed by atoms with E-state index < -0.39 is 17.1 Å². The number of ether oxygens (including phenoxy) is 2. The third kappa shape index (κ3) is 4.37. The summed E-state index contributed by atoms with van der Waals surface area (Å²) in [5.74, 6) is -0.969. The summed E-state index contributed by atoms with van der Waals surface area (Å²) in [5.41, 5.74) is 6.35. The lowest BCUT2D eigenvalue weighted by molar-refractivity contribution is 0.133. The number of piperidine rings is 1. The second-order valence-corrected chi connectivity index (χ2v) is 14.6. The van der Waals surface area contributed by atoms with Crippen molar-refractivity contribution < 1.29 is 23.4 Å². The number of halogens is 2.